The lowest BCUT2D eigenvalue weighted by atomic mass is 10.2. The third-order valence-corrected chi connectivity index (χ3v) is 2.78. The van der Waals surface area contributed by atoms with Crippen molar-refractivity contribution in [2.75, 3.05) is 5.32 Å². The Bertz CT molecular complexity index is 716. The van der Waals surface area contributed by atoms with Crippen LogP contribution in [-0.2, 0) is 6.54 Å². The highest BCUT2D eigenvalue weighted by molar-refractivity contribution is 5.89. The van der Waals surface area contributed by atoms with E-state index in [9.17, 15) is 22.4 Å². The van der Waals surface area contributed by atoms with Gasteiger partial charge in [0.2, 0.25) is 5.88 Å². The first kappa shape index (κ1) is 18.3. The van der Waals surface area contributed by atoms with E-state index in [0.717, 1.165) is 0 Å². The summed E-state index contributed by atoms with van der Waals surface area (Å²) in [7, 11) is 0. The first-order chi connectivity index (χ1) is 11.9. The number of hydrogen-bond donors (Lipinski definition) is 2. The number of urea groups is 1. The lowest BCUT2D eigenvalue weighted by Gasteiger charge is -2.10. The van der Waals surface area contributed by atoms with Crippen LogP contribution in [0.5, 0.6) is 11.6 Å². The molecular weight excluding hydrogens is 346 g/mol. The Morgan fingerprint density at radius 3 is 2.56 bits per heavy atom. The molecule has 2 aromatic rings. The van der Waals surface area contributed by atoms with Crippen molar-refractivity contribution in [3.8, 4) is 11.6 Å². The fourth-order valence-electron chi connectivity index (χ4n) is 1.82. The Morgan fingerprint density at radius 1 is 1.08 bits per heavy atom. The molecule has 0 bridgehead atoms. The lowest BCUT2D eigenvalue weighted by Crippen LogP contribution is -2.28. The molecule has 2 N–H and O–H groups in total. The standard InChI is InChI=1S/C15H13F4N3O3/c16-13(17)24-11-3-1-2-10(7-11)22-15(23)21-8-9-4-5-20-12(6-9)25-14(18)19/h1-7,13-14H,8H2,(H2,21,22,23). The highest BCUT2D eigenvalue weighted by Gasteiger charge is 2.08. The predicted octanol–water partition coefficient (Wildman–Crippen LogP) is 3.61. The Hall–Kier alpha value is -3.04. The summed E-state index contributed by atoms with van der Waals surface area (Å²) in [4.78, 5) is 15.4. The Morgan fingerprint density at radius 2 is 1.84 bits per heavy atom. The molecule has 6 nitrogen and oxygen atoms in total. The van der Waals surface area contributed by atoms with Gasteiger partial charge in [-0.05, 0) is 23.8 Å². The number of aromatic nitrogens is 1. The monoisotopic (exact) mass is 359 g/mol. The van der Waals surface area contributed by atoms with Crippen LogP contribution in [0.15, 0.2) is 42.6 Å². The van der Waals surface area contributed by atoms with E-state index in [1.165, 1.54) is 42.6 Å². The number of carbonyl (C=O) groups excluding carboxylic acids is 1. The number of amides is 2. The van der Waals surface area contributed by atoms with Crippen molar-refractivity contribution in [2.24, 2.45) is 0 Å². The smallest absolute Gasteiger partial charge is 0.388 e. The first-order valence-corrected chi connectivity index (χ1v) is 6.92. The van der Waals surface area contributed by atoms with Crippen molar-refractivity contribution < 1.29 is 31.8 Å². The van der Waals surface area contributed by atoms with Crippen LogP contribution in [0.2, 0.25) is 0 Å². The van der Waals surface area contributed by atoms with Gasteiger partial charge in [-0.3, -0.25) is 0 Å². The number of pyridine rings is 1. The predicted molar refractivity (Wildman–Crippen MR) is 79.8 cm³/mol. The second kappa shape index (κ2) is 8.71. The third kappa shape index (κ3) is 6.53. The van der Waals surface area contributed by atoms with Gasteiger partial charge in [0.05, 0.1) is 0 Å². The average molecular weight is 359 g/mol. The number of nitrogens with zero attached hydrogens (tertiary/aromatic N) is 1. The summed E-state index contributed by atoms with van der Waals surface area (Å²) in [6, 6.07) is 7.61. The van der Waals surface area contributed by atoms with Crippen LogP contribution in [-0.4, -0.2) is 24.2 Å². The molecule has 2 rings (SSSR count). The fraction of sp³-hybridized carbons (Fsp3) is 0.200. The third-order valence-electron chi connectivity index (χ3n) is 2.78. The van der Waals surface area contributed by atoms with Gasteiger partial charge in [-0.25, -0.2) is 9.78 Å². The summed E-state index contributed by atoms with van der Waals surface area (Å²) in [6.07, 6.45) is 1.26. The highest BCUT2D eigenvalue weighted by Crippen LogP contribution is 2.19. The molecule has 0 aliphatic rings. The molecule has 1 aromatic carbocycles. The van der Waals surface area contributed by atoms with E-state index in [2.05, 4.69) is 25.1 Å². The Labute approximate surface area is 139 Å². The van der Waals surface area contributed by atoms with E-state index in [4.69, 9.17) is 0 Å². The molecule has 0 atom stereocenters. The number of anilines is 1. The van der Waals surface area contributed by atoms with Crippen LogP contribution in [0.25, 0.3) is 0 Å². The van der Waals surface area contributed by atoms with Crippen LogP contribution < -0.4 is 20.1 Å². The number of ether oxygens (including phenoxy) is 2. The van der Waals surface area contributed by atoms with E-state index < -0.39 is 19.3 Å². The van der Waals surface area contributed by atoms with Gasteiger partial charge in [-0.15, -0.1) is 0 Å². The second-order valence-corrected chi connectivity index (χ2v) is 4.59. The maximum absolute atomic E-state index is 12.2. The molecule has 2 amide bonds. The molecular formula is C15H13F4N3O3. The topological polar surface area (TPSA) is 72.5 Å². The number of alkyl halides is 4. The molecule has 0 saturated carbocycles. The summed E-state index contributed by atoms with van der Waals surface area (Å²) in [6.45, 7) is -5.96. The number of nitrogens with one attached hydrogen (secondary N) is 2. The highest BCUT2D eigenvalue weighted by atomic mass is 19.3. The average Bonchev–Trinajstić information content (AvgIpc) is 2.52. The molecule has 25 heavy (non-hydrogen) atoms. The van der Waals surface area contributed by atoms with Crippen molar-refractivity contribution in [2.45, 2.75) is 19.8 Å². The maximum Gasteiger partial charge on any atom is 0.388 e. The number of halogens is 4. The minimum absolute atomic E-state index is 0.0151. The molecule has 0 radical (unpaired) electrons. The fourth-order valence-corrected chi connectivity index (χ4v) is 1.82. The first-order valence-electron chi connectivity index (χ1n) is 6.92. The Kier molecular flexibility index (Phi) is 6.38. The van der Waals surface area contributed by atoms with Gasteiger partial charge in [0.15, 0.2) is 0 Å². The normalized spacial score (nSPS) is 10.6. The molecule has 0 saturated heterocycles. The lowest BCUT2D eigenvalue weighted by molar-refractivity contribution is -0.0530. The summed E-state index contributed by atoms with van der Waals surface area (Å²) in [5, 5.41) is 4.91. The number of rotatable bonds is 7. The van der Waals surface area contributed by atoms with Gasteiger partial charge in [-0.2, -0.15) is 17.6 Å². The molecule has 0 fully saturated rings. The Balaban J connectivity index is 1.88. The molecule has 10 heteroatoms. The van der Waals surface area contributed by atoms with Gasteiger partial charge in [0, 0.05) is 30.6 Å². The zero-order chi connectivity index (χ0) is 18.2. The van der Waals surface area contributed by atoms with Crippen molar-refractivity contribution in [1.29, 1.82) is 0 Å². The largest absolute Gasteiger partial charge is 0.435 e. The van der Waals surface area contributed by atoms with Crippen LogP contribution in [0.1, 0.15) is 5.56 Å². The van der Waals surface area contributed by atoms with E-state index in [0.29, 0.717) is 5.56 Å². The van der Waals surface area contributed by atoms with Crippen molar-refractivity contribution in [1.82, 2.24) is 10.3 Å². The van der Waals surface area contributed by atoms with E-state index in [1.54, 1.807) is 0 Å². The number of benzene rings is 1. The van der Waals surface area contributed by atoms with Crippen LogP contribution in [0.4, 0.5) is 28.0 Å². The van der Waals surface area contributed by atoms with Crippen molar-refractivity contribution >= 4 is 11.7 Å². The van der Waals surface area contributed by atoms with E-state index in [-0.39, 0.29) is 23.9 Å². The number of carbonyl (C=O) groups is 1. The zero-order valence-corrected chi connectivity index (χ0v) is 12.6. The molecule has 0 aliphatic carbocycles. The quantitative estimate of drug-likeness (QED) is 0.741. The van der Waals surface area contributed by atoms with Gasteiger partial charge in [0.25, 0.3) is 0 Å². The maximum atomic E-state index is 12.2. The molecule has 134 valence electrons. The van der Waals surface area contributed by atoms with Crippen molar-refractivity contribution in [3.63, 3.8) is 0 Å². The van der Waals surface area contributed by atoms with E-state index >= 15 is 0 Å². The summed E-state index contributed by atoms with van der Waals surface area (Å²) in [5.41, 5.74) is 0.725. The van der Waals surface area contributed by atoms with Gasteiger partial charge in [-0.1, -0.05) is 6.07 Å². The summed E-state index contributed by atoms with van der Waals surface area (Å²) in [5.74, 6) is -0.373. The summed E-state index contributed by atoms with van der Waals surface area (Å²) >= 11 is 0. The van der Waals surface area contributed by atoms with Crippen LogP contribution >= 0.6 is 0 Å². The molecule has 0 unspecified atom stereocenters. The SMILES string of the molecule is O=C(NCc1ccnc(OC(F)F)c1)Nc1cccc(OC(F)F)c1. The van der Waals surface area contributed by atoms with Gasteiger partial charge >= 0.3 is 19.3 Å². The van der Waals surface area contributed by atoms with Gasteiger partial charge < -0.3 is 20.1 Å². The van der Waals surface area contributed by atoms with Crippen LogP contribution in [0.3, 0.4) is 0 Å². The van der Waals surface area contributed by atoms with Crippen LogP contribution in [0, 0.1) is 0 Å². The minimum Gasteiger partial charge on any atom is -0.435 e. The number of hydrogen-bond acceptors (Lipinski definition) is 4. The minimum atomic E-state index is -3.00. The van der Waals surface area contributed by atoms with Gasteiger partial charge in [0.1, 0.15) is 5.75 Å². The molecule has 1 aromatic heterocycles. The zero-order valence-electron chi connectivity index (χ0n) is 12.6. The summed E-state index contributed by atoms with van der Waals surface area (Å²) < 4.78 is 56.9. The molecule has 0 aliphatic heterocycles. The molecule has 0 spiro atoms. The van der Waals surface area contributed by atoms with E-state index in [1.807, 2.05) is 0 Å². The van der Waals surface area contributed by atoms with Crippen molar-refractivity contribution in [3.05, 3.63) is 48.2 Å². The second-order valence-electron chi connectivity index (χ2n) is 4.59. The molecule has 1 heterocycles.